The number of hydrogen-bond donors (Lipinski definition) is 0. The van der Waals surface area contributed by atoms with Crippen molar-refractivity contribution in [2.75, 3.05) is 14.1 Å². The van der Waals surface area contributed by atoms with E-state index in [1.807, 2.05) is 0 Å². The topological polar surface area (TPSA) is 3.24 Å². The maximum atomic E-state index is 2.51. The summed E-state index contributed by atoms with van der Waals surface area (Å²) in [6.45, 7) is 2.51. The molecule has 4 aliphatic carbocycles. The Balaban J connectivity index is 0.000000437. The Bertz CT molecular complexity index is 387. The minimum atomic E-state index is 0. The second-order valence-electron chi connectivity index (χ2n) is 10.7. The summed E-state index contributed by atoms with van der Waals surface area (Å²) in [7, 11) is 4.90. The van der Waals surface area contributed by atoms with Crippen molar-refractivity contribution in [2.45, 2.75) is 146 Å². The van der Waals surface area contributed by atoms with Crippen LogP contribution in [0.1, 0.15) is 122 Å². The van der Waals surface area contributed by atoms with Crippen LogP contribution in [-0.2, 0) is 17.1 Å². The molecule has 0 aromatic heterocycles. The molecule has 172 valence electrons. The van der Waals surface area contributed by atoms with E-state index in [1.54, 1.807) is 32.1 Å². The van der Waals surface area contributed by atoms with Crippen LogP contribution in [0.2, 0.25) is 0 Å². The van der Waals surface area contributed by atoms with E-state index in [2.05, 4.69) is 25.9 Å². The third kappa shape index (κ3) is 7.77. The minimum absolute atomic E-state index is 0. The maximum absolute atomic E-state index is 2.51. The average molecular weight is 464 g/mol. The van der Waals surface area contributed by atoms with E-state index in [1.165, 1.54) is 83.5 Å². The number of rotatable bonds is 5. The molecule has 3 atom stereocenters. The van der Waals surface area contributed by atoms with Crippen molar-refractivity contribution in [3.05, 3.63) is 0 Å². The second-order valence-corrected chi connectivity index (χ2v) is 13.7. The zero-order valence-corrected chi connectivity index (χ0v) is 21.9. The van der Waals surface area contributed by atoms with Crippen molar-refractivity contribution in [3.8, 4) is 0 Å². The fourth-order valence-corrected chi connectivity index (χ4v) is 11.7. The van der Waals surface area contributed by atoms with Crippen molar-refractivity contribution in [3.63, 3.8) is 0 Å². The molecule has 0 radical (unpaired) electrons. The molecule has 4 aliphatic rings. The Morgan fingerprint density at radius 3 is 1.41 bits per heavy atom. The monoisotopic (exact) mass is 463 g/mol. The van der Waals surface area contributed by atoms with E-state index >= 15 is 0 Å². The predicted molar refractivity (Wildman–Crippen MR) is 128 cm³/mol. The molecular weight excluding hydrogens is 413 g/mol. The molecule has 3 heteroatoms. The molecule has 2 unspecified atom stereocenters. The fraction of sp³-hybridized carbons (Fsp3) is 1.00. The second kappa shape index (κ2) is 14.1. The molecule has 0 saturated heterocycles. The van der Waals surface area contributed by atoms with Gasteiger partial charge in [-0.05, 0) is 82.4 Å². The quantitative estimate of drug-likeness (QED) is 0.293. The van der Waals surface area contributed by atoms with Crippen LogP contribution in [0.4, 0.5) is 0 Å². The summed E-state index contributed by atoms with van der Waals surface area (Å²) in [5.74, 6) is 1.000. The summed E-state index contributed by atoms with van der Waals surface area (Å²) in [4.78, 5) is 2.51. The van der Waals surface area contributed by atoms with Gasteiger partial charge in [0.1, 0.15) is 0 Å². The van der Waals surface area contributed by atoms with E-state index in [-0.39, 0.29) is 25.0 Å². The Labute approximate surface area is 195 Å². The Morgan fingerprint density at radius 1 is 0.586 bits per heavy atom. The summed E-state index contributed by atoms with van der Waals surface area (Å²) >= 11 is 0. The number of hydrogen-bond acceptors (Lipinski definition) is 1. The zero-order valence-electron chi connectivity index (χ0n) is 19.9. The van der Waals surface area contributed by atoms with Gasteiger partial charge >= 0.3 is 0 Å². The van der Waals surface area contributed by atoms with Gasteiger partial charge in [0.15, 0.2) is 0 Å². The molecule has 4 saturated carbocycles. The third-order valence-electron chi connectivity index (χ3n) is 8.59. The van der Waals surface area contributed by atoms with Crippen molar-refractivity contribution < 1.29 is 17.1 Å². The molecule has 29 heavy (non-hydrogen) atoms. The summed E-state index contributed by atoms with van der Waals surface area (Å²) < 4.78 is 0. The van der Waals surface area contributed by atoms with Crippen molar-refractivity contribution in [1.82, 2.24) is 4.90 Å². The van der Waals surface area contributed by atoms with Crippen LogP contribution >= 0.6 is 7.92 Å². The standard InChI is InChI=1S/C21H40NP.C5H10.Fe/c1-17(22(2)3)20-15-10-16-21(20)23(18-11-6-4-7-12-18)19-13-8-5-9-14-19;1-2-4-5-3-1;/h17-21H,4-16H2,1-3H3;1-5H2;/t17-,20?,21?;;/m0../s1. The van der Waals surface area contributed by atoms with Crippen LogP contribution in [0.5, 0.6) is 0 Å². The molecule has 0 aliphatic heterocycles. The molecule has 4 fully saturated rings. The smallest absolute Gasteiger partial charge is 0.00951 e. The molecule has 0 aromatic rings. The van der Waals surface area contributed by atoms with Gasteiger partial charge in [-0.1, -0.05) is 85.0 Å². The van der Waals surface area contributed by atoms with Crippen LogP contribution in [0.3, 0.4) is 0 Å². The molecule has 0 spiro atoms. The number of nitrogens with zero attached hydrogens (tertiary/aromatic N) is 1. The van der Waals surface area contributed by atoms with Gasteiger partial charge in [0, 0.05) is 23.1 Å². The maximum Gasteiger partial charge on any atom is 0.00951 e. The van der Waals surface area contributed by atoms with E-state index < -0.39 is 0 Å². The summed E-state index contributed by atoms with van der Waals surface area (Å²) in [6, 6.07) is 0.791. The zero-order chi connectivity index (χ0) is 19.8. The minimum Gasteiger partial charge on any atom is -0.306 e. The summed E-state index contributed by atoms with van der Waals surface area (Å²) in [6.07, 6.45) is 27.6. The van der Waals surface area contributed by atoms with E-state index in [9.17, 15) is 0 Å². The molecule has 0 bridgehead atoms. The molecule has 0 amide bonds. The third-order valence-corrected chi connectivity index (χ3v) is 12.7. The predicted octanol–water partition coefficient (Wildman–Crippen LogP) is 8.20. The van der Waals surface area contributed by atoms with Crippen LogP contribution in [0.25, 0.3) is 0 Å². The van der Waals surface area contributed by atoms with Gasteiger partial charge in [0.25, 0.3) is 0 Å². The molecule has 0 heterocycles. The first-order valence-electron chi connectivity index (χ1n) is 13.1. The summed E-state index contributed by atoms with van der Waals surface area (Å²) in [5, 5.41) is 0. The fourth-order valence-electron chi connectivity index (χ4n) is 6.77. The largest absolute Gasteiger partial charge is 0.306 e. The van der Waals surface area contributed by atoms with Gasteiger partial charge in [0.2, 0.25) is 0 Å². The van der Waals surface area contributed by atoms with Gasteiger partial charge in [0.05, 0.1) is 0 Å². The van der Waals surface area contributed by atoms with Gasteiger partial charge in [-0.2, -0.15) is 0 Å². The van der Waals surface area contributed by atoms with Gasteiger partial charge in [-0.25, -0.2) is 0 Å². The van der Waals surface area contributed by atoms with Gasteiger partial charge in [-0.15, -0.1) is 0 Å². The Hall–Kier alpha value is 0.909. The Morgan fingerprint density at radius 2 is 1.00 bits per heavy atom. The SMILES string of the molecule is C1CCCC1.C[C@@H](C1CCCC1P(C1CCCCC1)C1CCCCC1)N(C)C.[Fe]. The molecule has 1 nitrogen and oxygen atoms in total. The van der Waals surface area contributed by atoms with Crippen LogP contribution in [-0.4, -0.2) is 42.0 Å². The van der Waals surface area contributed by atoms with Crippen molar-refractivity contribution in [1.29, 1.82) is 0 Å². The van der Waals surface area contributed by atoms with Crippen molar-refractivity contribution in [2.24, 2.45) is 5.92 Å². The first-order valence-corrected chi connectivity index (χ1v) is 14.7. The first-order chi connectivity index (χ1) is 13.7. The van der Waals surface area contributed by atoms with Crippen LogP contribution in [0, 0.1) is 5.92 Å². The molecule has 0 aromatic carbocycles. The van der Waals surface area contributed by atoms with Crippen LogP contribution < -0.4 is 0 Å². The van der Waals surface area contributed by atoms with Crippen molar-refractivity contribution >= 4 is 7.92 Å². The summed E-state index contributed by atoms with van der Waals surface area (Å²) in [5.41, 5.74) is 3.39. The van der Waals surface area contributed by atoms with Gasteiger partial charge in [-0.3, -0.25) is 0 Å². The van der Waals surface area contributed by atoms with E-state index in [4.69, 9.17) is 0 Å². The average Bonchev–Trinajstić information content (AvgIpc) is 3.45. The Kier molecular flexibility index (Phi) is 12.8. The normalized spacial score (nSPS) is 30.1. The van der Waals surface area contributed by atoms with E-state index in [0.717, 1.165) is 28.9 Å². The first kappa shape index (κ1) is 26.2. The van der Waals surface area contributed by atoms with E-state index in [0.29, 0.717) is 0 Å². The molecule has 0 N–H and O–H groups in total. The molecular formula is C26H50FeNP. The molecule has 4 rings (SSSR count). The van der Waals surface area contributed by atoms with Gasteiger partial charge < -0.3 is 4.90 Å². The van der Waals surface area contributed by atoms with Crippen LogP contribution in [0.15, 0.2) is 0 Å².